The van der Waals surface area contributed by atoms with E-state index < -0.39 is 24.7 Å². The van der Waals surface area contributed by atoms with Gasteiger partial charge in [0.25, 0.3) is 0 Å². The molecule has 174 valence electrons. The lowest BCUT2D eigenvalue weighted by molar-refractivity contribution is -0.140. The van der Waals surface area contributed by atoms with Crippen molar-refractivity contribution >= 4 is 35.1 Å². The van der Waals surface area contributed by atoms with Gasteiger partial charge in [-0.25, -0.2) is 4.79 Å². The highest BCUT2D eigenvalue weighted by atomic mass is 35.5. The Bertz CT molecular complexity index is 1090. The minimum Gasteiger partial charge on any atom is -0.315 e. The standard InChI is InChI=1S/C23H21ClF3N3O3/c24-20-16(3-1-4-17(20)18-9-10-19(31)28-21(18)32)14-5-7-15(8-6-14)30-12-2-11-29(22(30)33)13-23(25,26)27/h1,3-8,18H,2,9-13H2,(H,28,31,32). The van der Waals surface area contributed by atoms with Crippen molar-refractivity contribution in [1.29, 1.82) is 0 Å². The Morgan fingerprint density at radius 2 is 1.76 bits per heavy atom. The third-order valence-corrected chi connectivity index (χ3v) is 6.24. The number of nitrogens with one attached hydrogen (secondary N) is 1. The summed E-state index contributed by atoms with van der Waals surface area (Å²) in [4.78, 5) is 38.4. The van der Waals surface area contributed by atoms with Crippen LogP contribution in [-0.2, 0) is 9.59 Å². The highest BCUT2D eigenvalue weighted by Gasteiger charge is 2.36. The molecule has 4 amide bonds. The first-order valence-electron chi connectivity index (χ1n) is 10.5. The molecule has 2 aliphatic rings. The average Bonchev–Trinajstić information content (AvgIpc) is 2.75. The SMILES string of the molecule is O=C1CCC(c2cccc(-c3ccc(N4CCCN(CC(F)(F)F)C4=O)cc3)c2Cl)C(=O)N1. The molecule has 1 N–H and O–H groups in total. The second-order valence-electron chi connectivity index (χ2n) is 8.08. The van der Waals surface area contributed by atoms with Gasteiger partial charge in [-0.2, -0.15) is 13.2 Å². The Morgan fingerprint density at radius 3 is 2.42 bits per heavy atom. The predicted molar refractivity (Wildman–Crippen MR) is 117 cm³/mol. The van der Waals surface area contributed by atoms with Gasteiger partial charge in [0.1, 0.15) is 6.54 Å². The van der Waals surface area contributed by atoms with Crippen LogP contribution in [0.5, 0.6) is 0 Å². The van der Waals surface area contributed by atoms with Crippen LogP contribution in [-0.4, -0.2) is 48.6 Å². The smallest absolute Gasteiger partial charge is 0.315 e. The number of carbonyl (C=O) groups excluding carboxylic acids is 3. The molecular formula is C23H21ClF3N3O3. The second kappa shape index (κ2) is 9.05. The van der Waals surface area contributed by atoms with E-state index in [9.17, 15) is 27.6 Å². The van der Waals surface area contributed by atoms with Crippen molar-refractivity contribution in [2.75, 3.05) is 24.5 Å². The highest BCUT2D eigenvalue weighted by molar-refractivity contribution is 6.34. The quantitative estimate of drug-likeness (QED) is 0.645. The van der Waals surface area contributed by atoms with E-state index in [1.54, 1.807) is 42.5 Å². The number of alkyl halides is 3. The molecule has 0 aliphatic carbocycles. The summed E-state index contributed by atoms with van der Waals surface area (Å²) in [6.45, 7) is -0.878. The molecule has 0 aromatic heterocycles. The van der Waals surface area contributed by atoms with Crippen molar-refractivity contribution in [3.8, 4) is 11.1 Å². The molecular weight excluding hydrogens is 459 g/mol. The van der Waals surface area contributed by atoms with E-state index in [0.717, 1.165) is 10.5 Å². The summed E-state index contributed by atoms with van der Waals surface area (Å²) in [5.74, 6) is -1.21. The molecule has 2 aromatic carbocycles. The van der Waals surface area contributed by atoms with Crippen molar-refractivity contribution < 1.29 is 27.6 Å². The Morgan fingerprint density at radius 1 is 1.03 bits per heavy atom. The zero-order chi connectivity index (χ0) is 23.8. The molecule has 1 unspecified atom stereocenters. The topological polar surface area (TPSA) is 69.7 Å². The van der Waals surface area contributed by atoms with Crippen LogP contribution >= 0.6 is 11.6 Å². The van der Waals surface area contributed by atoms with Gasteiger partial charge in [0.15, 0.2) is 0 Å². The van der Waals surface area contributed by atoms with Crippen molar-refractivity contribution in [2.24, 2.45) is 0 Å². The fourth-order valence-corrected chi connectivity index (χ4v) is 4.60. The molecule has 2 aromatic rings. The predicted octanol–water partition coefficient (Wildman–Crippen LogP) is 4.72. The van der Waals surface area contributed by atoms with Gasteiger partial charge in [-0.05, 0) is 36.1 Å². The van der Waals surface area contributed by atoms with Gasteiger partial charge >= 0.3 is 12.2 Å². The van der Waals surface area contributed by atoms with E-state index in [4.69, 9.17) is 11.6 Å². The van der Waals surface area contributed by atoms with Crippen LogP contribution in [0.25, 0.3) is 11.1 Å². The Hall–Kier alpha value is -3.07. The summed E-state index contributed by atoms with van der Waals surface area (Å²) in [6, 6.07) is 11.5. The number of urea groups is 1. The summed E-state index contributed by atoms with van der Waals surface area (Å²) in [5, 5.41) is 2.73. The minimum atomic E-state index is -4.45. The first-order valence-corrected chi connectivity index (χ1v) is 10.9. The van der Waals surface area contributed by atoms with E-state index in [1.165, 1.54) is 4.90 Å². The molecule has 0 radical (unpaired) electrons. The zero-order valence-electron chi connectivity index (χ0n) is 17.5. The molecule has 2 heterocycles. The van der Waals surface area contributed by atoms with Crippen LogP contribution in [0.15, 0.2) is 42.5 Å². The van der Waals surface area contributed by atoms with E-state index in [0.29, 0.717) is 41.2 Å². The summed E-state index contributed by atoms with van der Waals surface area (Å²) in [6.07, 6.45) is -3.41. The second-order valence-corrected chi connectivity index (χ2v) is 8.46. The van der Waals surface area contributed by atoms with E-state index in [-0.39, 0.29) is 24.8 Å². The van der Waals surface area contributed by atoms with E-state index in [2.05, 4.69) is 5.32 Å². The number of benzene rings is 2. The first-order chi connectivity index (χ1) is 15.6. The average molecular weight is 480 g/mol. The van der Waals surface area contributed by atoms with Crippen molar-refractivity contribution in [2.45, 2.75) is 31.4 Å². The number of halogens is 4. The largest absolute Gasteiger partial charge is 0.406 e. The highest BCUT2D eigenvalue weighted by Crippen LogP contribution is 2.37. The van der Waals surface area contributed by atoms with Gasteiger partial charge in [0.05, 0.1) is 10.9 Å². The Balaban J connectivity index is 1.56. The Labute approximate surface area is 193 Å². The number of piperidine rings is 1. The van der Waals surface area contributed by atoms with Crippen LogP contribution < -0.4 is 10.2 Å². The van der Waals surface area contributed by atoms with Crippen LogP contribution in [0.4, 0.5) is 23.7 Å². The molecule has 0 spiro atoms. The zero-order valence-corrected chi connectivity index (χ0v) is 18.2. The number of rotatable bonds is 4. The maximum absolute atomic E-state index is 12.8. The molecule has 2 saturated heterocycles. The molecule has 6 nitrogen and oxygen atoms in total. The third kappa shape index (κ3) is 4.98. The normalized spacial score (nSPS) is 19.6. The van der Waals surface area contributed by atoms with Crippen molar-refractivity contribution in [1.82, 2.24) is 10.2 Å². The number of anilines is 1. The number of imide groups is 1. The van der Waals surface area contributed by atoms with Crippen molar-refractivity contribution in [3.63, 3.8) is 0 Å². The van der Waals surface area contributed by atoms with Crippen LogP contribution in [0.3, 0.4) is 0 Å². The number of hydrogen-bond acceptors (Lipinski definition) is 3. The minimum absolute atomic E-state index is 0.0651. The Kier molecular flexibility index (Phi) is 6.34. The lowest BCUT2D eigenvalue weighted by atomic mass is 9.88. The maximum Gasteiger partial charge on any atom is 0.406 e. The number of amides is 4. The number of carbonyl (C=O) groups is 3. The van der Waals surface area contributed by atoms with Gasteiger partial charge < -0.3 is 4.90 Å². The summed E-state index contributed by atoms with van der Waals surface area (Å²) in [7, 11) is 0. The van der Waals surface area contributed by atoms with E-state index >= 15 is 0 Å². The molecule has 0 bridgehead atoms. The summed E-state index contributed by atoms with van der Waals surface area (Å²) in [5.41, 5.74) is 2.52. The van der Waals surface area contributed by atoms with Gasteiger partial charge in [-0.15, -0.1) is 0 Å². The molecule has 2 fully saturated rings. The van der Waals surface area contributed by atoms with Gasteiger partial charge in [-0.3, -0.25) is 19.8 Å². The third-order valence-electron chi connectivity index (χ3n) is 5.81. The number of nitrogens with zero attached hydrogens (tertiary/aromatic N) is 2. The van der Waals surface area contributed by atoms with Gasteiger partial charge in [-0.1, -0.05) is 41.9 Å². The fraction of sp³-hybridized carbons (Fsp3) is 0.348. The monoisotopic (exact) mass is 479 g/mol. The number of hydrogen-bond donors (Lipinski definition) is 1. The van der Waals surface area contributed by atoms with Gasteiger partial charge in [0.2, 0.25) is 11.8 Å². The van der Waals surface area contributed by atoms with Crippen LogP contribution in [0.2, 0.25) is 5.02 Å². The molecule has 10 heteroatoms. The molecule has 4 rings (SSSR count). The molecule has 33 heavy (non-hydrogen) atoms. The fourth-order valence-electron chi connectivity index (χ4n) is 4.24. The van der Waals surface area contributed by atoms with E-state index in [1.807, 2.05) is 0 Å². The summed E-state index contributed by atoms with van der Waals surface area (Å²) < 4.78 is 38.3. The van der Waals surface area contributed by atoms with Gasteiger partial charge in [0, 0.05) is 30.8 Å². The molecule has 1 atom stereocenters. The lowest BCUT2D eigenvalue weighted by Gasteiger charge is -2.36. The van der Waals surface area contributed by atoms with Crippen LogP contribution in [0, 0.1) is 0 Å². The maximum atomic E-state index is 12.8. The molecule has 2 aliphatic heterocycles. The summed E-state index contributed by atoms with van der Waals surface area (Å²) >= 11 is 6.63. The lowest BCUT2D eigenvalue weighted by Crippen LogP contribution is -2.52. The van der Waals surface area contributed by atoms with Crippen LogP contribution in [0.1, 0.15) is 30.7 Å². The first kappa shape index (κ1) is 23.1. The van der Waals surface area contributed by atoms with Crippen molar-refractivity contribution in [3.05, 3.63) is 53.1 Å². The molecule has 0 saturated carbocycles.